The van der Waals surface area contributed by atoms with Crippen molar-refractivity contribution < 1.29 is 22.3 Å². The summed E-state index contributed by atoms with van der Waals surface area (Å²) in [5.41, 5.74) is 0.783. The van der Waals surface area contributed by atoms with Crippen molar-refractivity contribution in [3.8, 4) is 0 Å². The molecule has 0 aliphatic heterocycles. The molecule has 0 aliphatic rings. The number of amides is 1. The fourth-order valence-corrected chi connectivity index (χ4v) is 5.39. The Labute approximate surface area is 188 Å². The SMILES string of the molecule is CCCCS(=O)(=O)N(CCCOC)CC(=O)N(Cc1ccc(F)cc1)Cc1cccs1. The Morgan fingerprint density at radius 3 is 2.48 bits per heavy atom. The molecule has 0 saturated carbocycles. The minimum atomic E-state index is -3.55. The van der Waals surface area contributed by atoms with E-state index in [0.717, 1.165) is 16.9 Å². The Balaban J connectivity index is 2.18. The Morgan fingerprint density at radius 2 is 1.87 bits per heavy atom. The molecule has 1 aromatic heterocycles. The molecular weight excluding hydrogens is 439 g/mol. The second kappa shape index (κ2) is 12.9. The lowest BCUT2D eigenvalue weighted by Gasteiger charge is -2.27. The average Bonchev–Trinajstić information content (AvgIpc) is 3.26. The summed E-state index contributed by atoms with van der Waals surface area (Å²) >= 11 is 1.53. The third kappa shape index (κ3) is 8.68. The van der Waals surface area contributed by atoms with Crippen LogP contribution in [0.3, 0.4) is 0 Å². The van der Waals surface area contributed by atoms with Crippen LogP contribution < -0.4 is 0 Å². The van der Waals surface area contributed by atoms with Crippen molar-refractivity contribution >= 4 is 27.3 Å². The fourth-order valence-electron chi connectivity index (χ4n) is 3.04. The van der Waals surface area contributed by atoms with E-state index in [-0.39, 0.29) is 37.1 Å². The van der Waals surface area contributed by atoms with E-state index >= 15 is 0 Å². The third-order valence-corrected chi connectivity index (χ3v) is 7.55. The maximum atomic E-state index is 13.3. The Bertz CT molecular complexity index is 887. The molecule has 0 atom stereocenters. The van der Waals surface area contributed by atoms with Gasteiger partial charge in [0.2, 0.25) is 15.9 Å². The summed E-state index contributed by atoms with van der Waals surface area (Å²) in [4.78, 5) is 15.8. The molecule has 6 nitrogen and oxygen atoms in total. The van der Waals surface area contributed by atoms with Gasteiger partial charge in [-0.2, -0.15) is 4.31 Å². The van der Waals surface area contributed by atoms with Gasteiger partial charge in [-0.05, 0) is 42.0 Å². The van der Waals surface area contributed by atoms with Gasteiger partial charge in [0.05, 0.1) is 18.8 Å². The Morgan fingerprint density at radius 1 is 1.13 bits per heavy atom. The second-order valence-corrected chi connectivity index (χ2v) is 10.4. The first-order chi connectivity index (χ1) is 14.9. The number of halogens is 1. The molecule has 1 aromatic carbocycles. The molecule has 0 bridgehead atoms. The topological polar surface area (TPSA) is 66.9 Å². The Hall–Kier alpha value is -1.81. The number of ether oxygens (including phenoxy) is 1. The normalized spacial score (nSPS) is 11.7. The van der Waals surface area contributed by atoms with E-state index in [1.54, 1.807) is 24.1 Å². The summed E-state index contributed by atoms with van der Waals surface area (Å²) in [5.74, 6) is -0.603. The summed E-state index contributed by atoms with van der Waals surface area (Å²) in [6, 6.07) is 9.83. The molecule has 9 heteroatoms. The van der Waals surface area contributed by atoms with Crippen LogP contribution in [0.5, 0.6) is 0 Å². The quantitative estimate of drug-likeness (QED) is 0.393. The van der Waals surface area contributed by atoms with E-state index in [1.165, 1.54) is 27.8 Å². The van der Waals surface area contributed by atoms with Gasteiger partial charge in [0, 0.05) is 31.7 Å². The molecule has 0 fully saturated rings. The number of methoxy groups -OCH3 is 1. The highest BCUT2D eigenvalue weighted by molar-refractivity contribution is 7.89. The highest BCUT2D eigenvalue weighted by Crippen LogP contribution is 2.16. The van der Waals surface area contributed by atoms with E-state index in [1.807, 2.05) is 24.4 Å². The molecule has 0 spiro atoms. The first kappa shape index (κ1) is 25.5. The molecule has 2 rings (SSSR count). The van der Waals surface area contributed by atoms with Crippen LogP contribution in [0.15, 0.2) is 41.8 Å². The minimum Gasteiger partial charge on any atom is -0.385 e. The van der Waals surface area contributed by atoms with Crippen LogP contribution in [-0.4, -0.2) is 56.1 Å². The lowest BCUT2D eigenvalue weighted by molar-refractivity contribution is -0.132. The molecule has 0 N–H and O–H groups in total. The lowest BCUT2D eigenvalue weighted by Crippen LogP contribution is -2.43. The van der Waals surface area contributed by atoms with Gasteiger partial charge >= 0.3 is 0 Å². The van der Waals surface area contributed by atoms with E-state index in [0.29, 0.717) is 26.0 Å². The van der Waals surface area contributed by atoms with Crippen LogP contribution in [0.4, 0.5) is 4.39 Å². The van der Waals surface area contributed by atoms with Gasteiger partial charge in [-0.3, -0.25) is 4.79 Å². The van der Waals surface area contributed by atoms with Gasteiger partial charge in [0.1, 0.15) is 5.82 Å². The molecule has 1 heterocycles. The van der Waals surface area contributed by atoms with Crippen molar-refractivity contribution in [1.29, 1.82) is 0 Å². The Kier molecular flexibility index (Phi) is 10.6. The number of sulfonamides is 1. The van der Waals surface area contributed by atoms with Crippen molar-refractivity contribution in [1.82, 2.24) is 9.21 Å². The number of hydrogen-bond acceptors (Lipinski definition) is 5. The lowest BCUT2D eigenvalue weighted by atomic mass is 10.2. The first-order valence-electron chi connectivity index (χ1n) is 10.4. The maximum Gasteiger partial charge on any atom is 0.238 e. The summed E-state index contributed by atoms with van der Waals surface area (Å²) < 4.78 is 45.3. The van der Waals surface area contributed by atoms with Crippen molar-refractivity contribution in [2.24, 2.45) is 0 Å². The van der Waals surface area contributed by atoms with Crippen LogP contribution in [0.25, 0.3) is 0 Å². The predicted octanol–water partition coefficient (Wildman–Crippen LogP) is 3.88. The number of rotatable bonds is 14. The van der Waals surface area contributed by atoms with Gasteiger partial charge in [-0.25, -0.2) is 12.8 Å². The largest absolute Gasteiger partial charge is 0.385 e. The average molecular weight is 471 g/mol. The molecular formula is C22H31FN2O4S2. The number of nitrogens with zero attached hydrogens (tertiary/aromatic N) is 2. The molecule has 0 radical (unpaired) electrons. The first-order valence-corrected chi connectivity index (χ1v) is 12.9. The van der Waals surface area contributed by atoms with Gasteiger partial charge in [-0.15, -0.1) is 11.3 Å². The fraction of sp³-hybridized carbons (Fsp3) is 0.500. The van der Waals surface area contributed by atoms with Crippen molar-refractivity contribution in [3.05, 3.63) is 58.0 Å². The van der Waals surface area contributed by atoms with Crippen LogP contribution in [0.1, 0.15) is 36.6 Å². The molecule has 0 aliphatic carbocycles. The number of benzene rings is 1. The number of carbonyl (C=O) groups is 1. The predicted molar refractivity (Wildman–Crippen MR) is 122 cm³/mol. The highest BCUT2D eigenvalue weighted by atomic mass is 32.2. The van der Waals surface area contributed by atoms with E-state index in [9.17, 15) is 17.6 Å². The number of thiophene rings is 1. The molecule has 172 valence electrons. The van der Waals surface area contributed by atoms with E-state index in [4.69, 9.17) is 4.74 Å². The van der Waals surface area contributed by atoms with Crippen LogP contribution in [-0.2, 0) is 32.6 Å². The summed E-state index contributed by atoms with van der Waals surface area (Å²) in [6.45, 7) is 3.01. The second-order valence-electron chi connectivity index (χ2n) is 7.31. The smallest absolute Gasteiger partial charge is 0.238 e. The van der Waals surface area contributed by atoms with Gasteiger partial charge in [0.15, 0.2) is 0 Å². The number of carbonyl (C=O) groups excluding carboxylic acids is 1. The third-order valence-electron chi connectivity index (χ3n) is 4.78. The zero-order chi connectivity index (χ0) is 22.7. The minimum absolute atomic E-state index is 0.0205. The zero-order valence-electron chi connectivity index (χ0n) is 18.1. The molecule has 0 unspecified atom stereocenters. The summed E-state index contributed by atoms with van der Waals surface area (Å²) in [6.07, 6.45) is 1.82. The van der Waals surface area contributed by atoms with Crippen LogP contribution >= 0.6 is 11.3 Å². The van der Waals surface area contributed by atoms with Gasteiger partial charge < -0.3 is 9.64 Å². The van der Waals surface area contributed by atoms with Gasteiger partial charge in [0.25, 0.3) is 0 Å². The van der Waals surface area contributed by atoms with E-state index in [2.05, 4.69) is 0 Å². The molecule has 2 aromatic rings. The number of unbranched alkanes of at least 4 members (excludes halogenated alkanes) is 1. The maximum absolute atomic E-state index is 13.3. The van der Waals surface area contributed by atoms with Crippen molar-refractivity contribution in [3.63, 3.8) is 0 Å². The molecule has 1 amide bonds. The summed E-state index contributed by atoms with van der Waals surface area (Å²) in [7, 11) is -1.99. The standard InChI is InChI=1S/C22H31FN2O4S2/c1-3-4-15-31(27,28)25(12-6-13-29-2)18-22(26)24(17-21-7-5-14-30-21)16-19-8-10-20(23)11-9-19/h5,7-11,14H,3-4,6,12-13,15-18H2,1-2H3. The number of hydrogen-bond donors (Lipinski definition) is 0. The highest BCUT2D eigenvalue weighted by Gasteiger charge is 2.26. The monoisotopic (exact) mass is 470 g/mol. The zero-order valence-corrected chi connectivity index (χ0v) is 19.8. The molecule has 31 heavy (non-hydrogen) atoms. The van der Waals surface area contributed by atoms with Crippen molar-refractivity contribution in [2.45, 2.75) is 39.3 Å². The van der Waals surface area contributed by atoms with Crippen LogP contribution in [0, 0.1) is 5.82 Å². The van der Waals surface area contributed by atoms with Crippen LogP contribution in [0.2, 0.25) is 0 Å². The molecule has 0 saturated heterocycles. The summed E-state index contributed by atoms with van der Waals surface area (Å²) in [5, 5.41) is 1.93. The van der Waals surface area contributed by atoms with Gasteiger partial charge in [-0.1, -0.05) is 31.5 Å². The van der Waals surface area contributed by atoms with Crippen molar-refractivity contribution in [2.75, 3.05) is 32.6 Å². The van der Waals surface area contributed by atoms with E-state index < -0.39 is 10.0 Å².